The number of pyridine rings is 1. The molecule has 2 aromatic carbocycles. The summed E-state index contributed by atoms with van der Waals surface area (Å²) in [5, 5.41) is 9.22. The fraction of sp³-hybridized carbons (Fsp3) is 0.182. The maximum atomic E-state index is 13.5. The highest BCUT2D eigenvalue weighted by atomic mass is 19.4. The molecule has 6 heteroatoms. The lowest BCUT2D eigenvalue weighted by molar-refractivity contribution is -0.137. The molecule has 1 aromatic heterocycles. The number of halogens is 3. The Hall–Kier alpha value is -3.33. The molecule has 0 radical (unpaired) electrons. The summed E-state index contributed by atoms with van der Waals surface area (Å²) in [6.07, 6.45) is -4.80. The lowest BCUT2D eigenvalue weighted by Crippen LogP contribution is -2.28. The van der Waals surface area contributed by atoms with Gasteiger partial charge in [-0.05, 0) is 31.0 Å². The molecule has 3 nitrogen and oxygen atoms in total. The maximum absolute atomic E-state index is 13.5. The van der Waals surface area contributed by atoms with E-state index in [0.29, 0.717) is 5.56 Å². The van der Waals surface area contributed by atoms with Crippen LogP contribution in [0.5, 0.6) is 0 Å². The van der Waals surface area contributed by atoms with Gasteiger partial charge in [-0.3, -0.25) is 4.79 Å². The summed E-state index contributed by atoms with van der Waals surface area (Å²) < 4.78 is 41.7. The van der Waals surface area contributed by atoms with Crippen LogP contribution in [0, 0.1) is 25.2 Å². The molecule has 0 saturated heterocycles. The van der Waals surface area contributed by atoms with Gasteiger partial charge in [0.25, 0.3) is 5.56 Å². The molecule has 0 atom stereocenters. The number of rotatable bonds is 3. The van der Waals surface area contributed by atoms with Gasteiger partial charge in [0.1, 0.15) is 11.6 Å². The quantitative estimate of drug-likeness (QED) is 0.635. The van der Waals surface area contributed by atoms with Crippen molar-refractivity contribution in [1.29, 1.82) is 5.26 Å². The molecule has 0 amide bonds. The van der Waals surface area contributed by atoms with Gasteiger partial charge in [-0.15, -0.1) is 0 Å². The Balaban J connectivity index is 2.29. The van der Waals surface area contributed by atoms with Crippen LogP contribution in [0.1, 0.15) is 27.8 Å². The first-order valence-corrected chi connectivity index (χ1v) is 8.58. The van der Waals surface area contributed by atoms with E-state index in [0.717, 1.165) is 22.8 Å². The van der Waals surface area contributed by atoms with Gasteiger partial charge in [0.2, 0.25) is 0 Å². The van der Waals surface area contributed by atoms with Gasteiger partial charge in [0.05, 0.1) is 17.8 Å². The minimum atomic E-state index is -4.80. The number of aromatic nitrogens is 1. The van der Waals surface area contributed by atoms with Crippen molar-refractivity contribution < 1.29 is 13.2 Å². The van der Waals surface area contributed by atoms with Crippen LogP contribution < -0.4 is 5.56 Å². The Morgan fingerprint density at radius 1 is 0.964 bits per heavy atom. The van der Waals surface area contributed by atoms with Crippen LogP contribution in [-0.4, -0.2) is 4.57 Å². The van der Waals surface area contributed by atoms with Crippen molar-refractivity contribution in [2.45, 2.75) is 26.6 Å². The first-order valence-electron chi connectivity index (χ1n) is 8.58. The van der Waals surface area contributed by atoms with E-state index in [1.54, 1.807) is 24.3 Å². The molecule has 28 heavy (non-hydrogen) atoms. The Kier molecular flexibility index (Phi) is 5.10. The molecule has 0 unspecified atom stereocenters. The number of aryl methyl sites for hydroxylation is 2. The summed E-state index contributed by atoms with van der Waals surface area (Å²) in [4.78, 5) is 12.8. The Morgan fingerprint density at radius 3 is 2.00 bits per heavy atom. The summed E-state index contributed by atoms with van der Waals surface area (Å²) in [7, 11) is 0. The Labute approximate surface area is 160 Å². The van der Waals surface area contributed by atoms with Crippen LogP contribution in [0.15, 0.2) is 59.4 Å². The maximum Gasteiger partial charge on any atom is 0.417 e. The number of nitrogens with zero attached hydrogens (tertiary/aromatic N) is 2. The van der Waals surface area contributed by atoms with Crippen LogP contribution in [0.25, 0.3) is 11.3 Å². The summed E-state index contributed by atoms with van der Waals surface area (Å²) in [6, 6.07) is 16.5. The number of benzene rings is 2. The topological polar surface area (TPSA) is 45.8 Å². The van der Waals surface area contributed by atoms with E-state index in [2.05, 4.69) is 0 Å². The zero-order valence-electron chi connectivity index (χ0n) is 15.3. The van der Waals surface area contributed by atoms with E-state index in [1.165, 1.54) is 10.6 Å². The Bertz CT molecular complexity index is 1100. The van der Waals surface area contributed by atoms with Crippen LogP contribution in [0.4, 0.5) is 13.2 Å². The van der Waals surface area contributed by atoms with Gasteiger partial charge >= 0.3 is 6.18 Å². The zero-order chi connectivity index (χ0) is 20.5. The third kappa shape index (κ3) is 3.84. The number of hydrogen-bond acceptors (Lipinski definition) is 2. The van der Waals surface area contributed by atoms with Crippen molar-refractivity contribution in [2.24, 2.45) is 0 Å². The van der Waals surface area contributed by atoms with E-state index in [1.807, 2.05) is 38.1 Å². The molecular weight excluding hydrogens is 365 g/mol. The third-order valence-corrected chi connectivity index (χ3v) is 4.53. The second-order valence-corrected chi connectivity index (χ2v) is 6.67. The van der Waals surface area contributed by atoms with E-state index in [4.69, 9.17) is 0 Å². The minimum Gasteiger partial charge on any atom is -0.303 e. The van der Waals surface area contributed by atoms with Crippen LogP contribution in [0.2, 0.25) is 0 Å². The lowest BCUT2D eigenvalue weighted by atomic mass is 10.0. The molecule has 3 rings (SSSR count). The normalized spacial score (nSPS) is 11.3. The first kappa shape index (κ1) is 19.4. The van der Waals surface area contributed by atoms with Gasteiger partial charge in [-0.2, -0.15) is 18.4 Å². The predicted octanol–water partition coefficient (Wildman–Crippen LogP) is 5.07. The number of nitriles is 1. The molecular formula is C22H17F3N2O. The molecule has 0 bridgehead atoms. The molecule has 0 N–H and O–H groups in total. The van der Waals surface area contributed by atoms with E-state index in [9.17, 15) is 23.2 Å². The summed E-state index contributed by atoms with van der Waals surface area (Å²) in [5.41, 5.74) is 0.270. The third-order valence-electron chi connectivity index (χ3n) is 4.53. The number of alkyl halides is 3. The second kappa shape index (κ2) is 7.35. The van der Waals surface area contributed by atoms with Crippen molar-refractivity contribution in [3.05, 3.63) is 92.8 Å². The van der Waals surface area contributed by atoms with E-state index >= 15 is 0 Å². The first-order chi connectivity index (χ1) is 13.2. The smallest absolute Gasteiger partial charge is 0.303 e. The lowest BCUT2D eigenvalue weighted by Gasteiger charge is -2.18. The largest absolute Gasteiger partial charge is 0.417 e. The highest BCUT2D eigenvalue weighted by Gasteiger charge is 2.36. The van der Waals surface area contributed by atoms with E-state index < -0.39 is 22.9 Å². The van der Waals surface area contributed by atoms with E-state index in [-0.39, 0.29) is 12.2 Å². The fourth-order valence-electron chi connectivity index (χ4n) is 2.97. The molecule has 0 aliphatic heterocycles. The predicted molar refractivity (Wildman–Crippen MR) is 101 cm³/mol. The summed E-state index contributed by atoms with van der Waals surface area (Å²) >= 11 is 0. The zero-order valence-corrected chi connectivity index (χ0v) is 15.3. The van der Waals surface area contributed by atoms with Gasteiger partial charge < -0.3 is 4.57 Å². The minimum absolute atomic E-state index is 0.0646. The molecule has 0 aliphatic rings. The van der Waals surface area contributed by atoms with Crippen molar-refractivity contribution >= 4 is 0 Å². The monoisotopic (exact) mass is 382 g/mol. The average Bonchev–Trinajstić information content (AvgIpc) is 2.64. The van der Waals surface area contributed by atoms with Crippen LogP contribution >= 0.6 is 0 Å². The molecule has 0 fully saturated rings. The SMILES string of the molecule is Cc1ccc(Cn2c(-c3ccc(C)cc3)cc(C(F)(F)F)c(C#N)c2=O)cc1. The Morgan fingerprint density at radius 2 is 1.50 bits per heavy atom. The molecule has 0 saturated carbocycles. The second-order valence-electron chi connectivity index (χ2n) is 6.67. The standard InChI is InChI=1S/C22H17F3N2O/c1-14-3-7-16(8-4-14)13-27-20(17-9-5-15(2)6-10-17)11-19(22(23,24)25)18(12-26)21(27)28/h3-11H,13H2,1-2H3. The van der Waals surface area contributed by atoms with Crippen molar-refractivity contribution in [1.82, 2.24) is 4.57 Å². The average molecular weight is 382 g/mol. The molecule has 0 spiro atoms. The summed E-state index contributed by atoms with van der Waals surface area (Å²) in [6.45, 7) is 3.85. The summed E-state index contributed by atoms with van der Waals surface area (Å²) in [5.74, 6) is 0. The van der Waals surface area contributed by atoms with Crippen LogP contribution in [0.3, 0.4) is 0 Å². The number of hydrogen-bond donors (Lipinski definition) is 0. The fourth-order valence-corrected chi connectivity index (χ4v) is 2.97. The van der Waals surface area contributed by atoms with Crippen molar-refractivity contribution in [3.63, 3.8) is 0 Å². The van der Waals surface area contributed by atoms with Crippen molar-refractivity contribution in [2.75, 3.05) is 0 Å². The molecule has 142 valence electrons. The highest BCUT2D eigenvalue weighted by Crippen LogP contribution is 2.33. The van der Waals surface area contributed by atoms with Gasteiger partial charge in [0.15, 0.2) is 0 Å². The van der Waals surface area contributed by atoms with Gasteiger partial charge in [0, 0.05) is 0 Å². The van der Waals surface area contributed by atoms with Gasteiger partial charge in [-0.25, -0.2) is 0 Å². The van der Waals surface area contributed by atoms with Crippen LogP contribution in [-0.2, 0) is 12.7 Å². The molecule has 3 aromatic rings. The highest BCUT2D eigenvalue weighted by molar-refractivity contribution is 5.63. The molecule has 0 aliphatic carbocycles. The van der Waals surface area contributed by atoms with Gasteiger partial charge in [-0.1, -0.05) is 59.7 Å². The molecule has 1 heterocycles. The van der Waals surface area contributed by atoms with Crippen molar-refractivity contribution in [3.8, 4) is 17.3 Å².